The van der Waals surface area contributed by atoms with Gasteiger partial charge in [0.2, 0.25) is 0 Å². The van der Waals surface area contributed by atoms with Gasteiger partial charge in [-0.3, -0.25) is 4.79 Å². The lowest BCUT2D eigenvalue weighted by atomic mass is 9.75. The summed E-state index contributed by atoms with van der Waals surface area (Å²) in [4.78, 5) is 14.4. The van der Waals surface area contributed by atoms with Crippen LogP contribution >= 0.6 is 0 Å². The van der Waals surface area contributed by atoms with E-state index in [-0.39, 0.29) is 11.9 Å². The summed E-state index contributed by atoms with van der Waals surface area (Å²) in [5.41, 5.74) is 0. The Morgan fingerprint density at radius 2 is 2.06 bits per heavy atom. The van der Waals surface area contributed by atoms with Gasteiger partial charge in [-0.2, -0.15) is 0 Å². The number of nitrogens with zero attached hydrogens (tertiary/aromatic N) is 1. The van der Waals surface area contributed by atoms with Crippen molar-refractivity contribution in [1.82, 2.24) is 4.90 Å². The minimum absolute atomic E-state index is 0.0532. The molecule has 0 spiro atoms. The molecule has 90 valence electrons. The summed E-state index contributed by atoms with van der Waals surface area (Å²) in [6.07, 6.45) is 4.86. The van der Waals surface area contributed by atoms with E-state index in [2.05, 4.69) is 4.90 Å². The van der Waals surface area contributed by atoms with E-state index in [1.807, 2.05) is 6.92 Å². The number of hydrogen-bond donors (Lipinski definition) is 0. The van der Waals surface area contributed by atoms with Crippen molar-refractivity contribution in [3.8, 4) is 0 Å². The molecule has 0 radical (unpaired) electrons. The first kappa shape index (κ1) is 10.6. The zero-order valence-electron chi connectivity index (χ0n) is 10.0. The van der Waals surface area contributed by atoms with E-state index in [1.165, 1.54) is 25.9 Å². The number of carbonyl (C=O) groups is 1. The van der Waals surface area contributed by atoms with Crippen molar-refractivity contribution in [1.29, 1.82) is 0 Å². The molecule has 4 fully saturated rings. The third kappa shape index (κ3) is 1.56. The van der Waals surface area contributed by atoms with E-state index in [0.29, 0.717) is 12.6 Å². The fourth-order valence-electron chi connectivity index (χ4n) is 4.11. The highest BCUT2D eigenvalue weighted by atomic mass is 16.5. The molecule has 3 nitrogen and oxygen atoms in total. The van der Waals surface area contributed by atoms with Crippen molar-refractivity contribution in [2.24, 2.45) is 17.8 Å². The Kier molecular flexibility index (Phi) is 2.66. The maximum atomic E-state index is 11.8. The fraction of sp³-hybridized carbons (Fsp3) is 0.923. The Morgan fingerprint density at radius 3 is 2.69 bits per heavy atom. The highest BCUT2D eigenvalue weighted by Crippen LogP contribution is 2.48. The van der Waals surface area contributed by atoms with E-state index in [1.54, 1.807) is 0 Å². The molecule has 2 bridgehead atoms. The first-order valence-corrected chi connectivity index (χ1v) is 6.70. The summed E-state index contributed by atoms with van der Waals surface area (Å²) in [5.74, 6) is 1.93. The van der Waals surface area contributed by atoms with Crippen LogP contribution in [0.4, 0.5) is 0 Å². The van der Waals surface area contributed by atoms with Crippen molar-refractivity contribution >= 4 is 5.97 Å². The lowest BCUT2D eigenvalue weighted by Gasteiger charge is -2.48. The lowest BCUT2D eigenvalue weighted by Crippen LogP contribution is -2.52. The molecule has 3 heteroatoms. The number of esters is 1. The van der Waals surface area contributed by atoms with Crippen LogP contribution in [0, 0.1) is 17.8 Å². The van der Waals surface area contributed by atoms with Crippen LogP contribution in [-0.4, -0.2) is 36.6 Å². The summed E-state index contributed by atoms with van der Waals surface area (Å²) < 4.78 is 5.17. The molecule has 1 aliphatic carbocycles. The second kappa shape index (κ2) is 4.02. The van der Waals surface area contributed by atoms with Gasteiger partial charge in [-0.15, -0.1) is 0 Å². The Hall–Kier alpha value is -0.570. The largest absolute Gasteiger partial charge is 0.466 e. The first-order valence-electron chi connectivity index (χ1n) is 6.70. The molecule has 1 saturated carbocycles. The summed E-state index contributed by atoms with van der Waals surface area (Å²) >= 11 is 0. The highest BCUT2D eigenvalue weighted by Gasteiger charge is 2.49. The third-order valence-electron chi connectivity index (χ3n) is 4.85. The molecule has 3 saturated heterocycles. The number of piperidine rings is 3. The van der Waals surface area contributed by atoms with Gasteiger partial charge in [0.25, 0.3) is 0 Å². The third-order valence-corrected chi connectivity index (χ3v) is 4.85. The lowest BCUT2D eigenvalue weighted by molar-refractivity contribution is -0.147. The molecule has 0 amide bonds. The number of rotatable bonds is 2. The van der Waals surface area contributed by atoms with E-state index in [0.717, 1.165) is 24.7 Å². The van der Waals surface area contributed by atoms with Crippen LogP contribution in [0.5, 0.6) is 0 Å². The minimum Gasteiger partial charge on any atom is -0.466 e. The normalized spacial score (nSPS) is 45.4. The van der Waals surface area contributed by atoms with Crippen molar-refractivity contribution in [3.05, 3.63) is 0 Å². The predicted octanol–water partition coefficient (Wildman–Crippen LogP) is 1.67. The molecule has 3 atom stereocenters. The van der Waals surface area contributed by atoms with Crippen LogP contribution < -0.4 is 0 Å². The molecule has 0 aromatic heterocycles. The number of ether oxygens (including phenoxy) is 1. The van der Waals surface area contributed by atoms with Crippen LogP contribution in [0.1, 0.15) is 32.6 Å². The van der Waals surface area contributed by atoms with Crippen molar-refractivity contribution in [2.75, 3.05) is 19.7 Å². The number of carbonyl (C=O) groups excluding carboxylic acids is 1. The van der Waals surface area contributed by atoms with Gasteiger partial charge in [0, 0.05) is 6.04 Å². The average Bonchev–Trinajstić information content (AvgIpc) is 2.77. The molecule has 0 aromatic carbocycles. The van der Waals surface area contributed by atoms with Gasteiger partial charge >= 0.3 is 5.97 Å². The zero-order chi connectivity index (χ0) is 11.1. The maximum absolute atomic E-state index is 11.8. The summed E-state index contributed by atoms with van der Waals surface area (Å²) in [6.45, 7) is 4.95. The summed E-state index contributed by atoms with van der Waals surface area (Å²) in [5, 5.41) is 0. The van der Waals surface area contributed by atoms with E-state index < -0.39 is 0 Å². The Labute approximate surface area is 97.1 Å². The van der Waals surface area contributed by atoms with Crippen LogP contribution in [0.3, 0.4) is 0 Å². The van der Waals surface area contributed by atoms with Gasteiger partial charge in [-0.1, -0.05) is 0 Å². The molecule has 16 heavy (non-hydrogen) atoms. The molecule has 0 aromatic rings. The van der Waals surface area contributed by atoms with Crippen LogP contribution in [0.15, 0.2) is 0 Å². The van der Waals surface area contributed by atoms with Gasteiger partial charge < -0.3 is 9.64 Å². The average molecular weight is 223 g/mol. The summed E-state index contributed by atoms with van der Waals surface area (Å²) in [6, 6.07) is 0.696. The standard InChI is InChI=1S/C13H21NO2/c1-2-16-13(15)10-7-11-9-3-5-14(6-4-9)12(11)8-10/h9-12H,2-8H2,1H3. The first-order chi connectivity index (χ1) is 7.79. The second-order valence-electron chi connectivity index (χ2n) is 5.52. The molecule has 3 heterocycles. The second-order valence-corrected chi connectivity index (χ2v) is 5.52. The molecule has 3 aliphatic heterocycles. The highest BCUT2D eigenvalue weighted by molar-refractivity contribution is 5.73. The number of hydrogen-bond acceptors (Lipinski definition) is 3. The Morgan fingerprint density at radius 1 is 1.31 bits per heavy atom. The van der Waals surface area contributed by atoms with Gasteiger partial charge in [0.05, 0.1) is 12.5 Å². The monoisotopic (exact) mass is 223 g/mol. The molecule has 0 N–H and O–H groups in total. The Bertz CT molecular complexity index is 264. The molecular formula is C13H21NO2. The van der Waals surface area contributed by atoms with Crippen LogP contribution in [-0.2, 0) is 9.53 Å². The molecule has 4 rings (SSSR count). The van der Waals surface area contributed by atoms with E-state index in [4.69, 9.17) is 4.74 Å². The minimum atomic E-state index is 0.0532. The van der Waals surface area contributed by atoms with Gasteiger partial charge in [-0.25, -0.2) is 0 Å². The topological polar surface area (TPSA) is 29.5 Å². The van der Waals surface area contributed by atoms with Gasteiger partial charge in [0.1, 0.15) is 0 Å². The van der Waals surface area contributed by atoms with Crippen molar-refractivity contribution < 1.29 is 9.53 Å². The SMILES string of the molecule is CCOC(=O)C1CC2C3CCN(CC3)C2C1. The van der Waals surface area contributed by atoms with Crippen molar-refractivity contribution in [3.63, 3.8) is 0 Å². The number of fused-ring (bicyclic) bond motifs is 2. The zero-order valence-corrected chi connectivity index (χ0v) is 10.0. The quantitative estimate of drug-likeness (QED) is 0.667. The maximum Gasteiger partial charge on any atom is 0.308 e. The fourth-order valence-corrected chi connectivity index (χ4v) is 4.11. The molecule has 4 aliphatic rings. The van der Waals surface area contributed by atoms with Crippen molar-refractivity contribution in [2.45, 2.75) is 38.6 Å². The van der Waals surface area contributed by atoms with Gasteiger partial charge in [-0.05, 0) is 57.5 Å². The smallest absolute Gasteiger partial charge is 0.308 e. The van der Waals surface area contributed by atoms with Gasteiger partial charge in [0.15, 0.2) is 0 Å². The summed E-state index contributed by atoms with van der Waals surface area (Å²) in [7, 11) is 0. The Balaban J connectivity index is 1.69. The molecule has 3 unspecified atom stereocenters. The predicted molar refractivity (Wildman–Crippen MR) is 60.9 cm³/mol. The van der Waals surface area contributed by atoms with Crippen LogP contribution in [0.25, 0.3) is 0 Å². The van der Waals surface area contributed by atoms with Crippen LogP contribution in [0.2, 0.25) is 0 Å². The van der Waals surface area contributed by atoms with E-state index >= 15 is 0 Å². The molecular weight excluding hydrogens is 202 g/mol. The van der Waals surface area contributed by atoms with E-state index in [9.17, 15) is 4.79 Å².